The van der Waals surface area contributed by atoms with Gasteiger partial charge in [-0.2, -0.15) is 0 Å². The Morgan fingerprint density at radius 3 is 2.83 bits per heavy atom. The summed E-state index contributed by atoms with van der Waals surface area (Å²) in [5.41, 5.74) is 3.57. The minimum atomic E-state index is 0.592. The summed E-state index contributed by atoms with van der Waals surface area (Å²) in [4.78, 5) is 6.99. The molecule has 3 rings (SSSR count). The molecule has 0 aliphatic carbocycles. The highest BCUT2D eigenvalue weighted by atomic mass is 35.5. The first-order valence-electron chi connectivity index (χ1n) is 6.45. The van der Waals surface area contributed by atoms with Gasteiger partial charge >= 0.3 is 0 Å². The van der Waals surface area contributed by atoms with Crippen LogP contribution in [-0.4, -0.2) is 27.0 Å². The topological polar surface area (TPSA) is 21.1 Å². The van der Waals surface area contributed by atoms with Gasteiger partial charge in [0.15, 0.2) is 0 Å². The summed E-state index contributed by atoms with van der Waals surface area (Å²) in [5, 5.41) is 1.95. The van der Waals surface area contributed by atoms with Crippen molar-refractivity contribution < 1.29 is 0 Å². The van der Waals surface area contributed by atoms with E-state index in [0.29, 0.717) is 6.04 Å². The van der Waals surface area contributed by atoms with Crippen LogP contribution in [0.5, 0.6) is 0 Å². The van der Waals surface area contributed by atoms with Crippen LogP contribution in [0.15, 0.2) is 12.3 Å². The summed E-state index contributed by atoms with van der Waals surface area (Å²) < 4.78 is 2.33. The number of aryl methyl sites for hydroxylation is 1. The van der Waals surface area contributed by atoms with Crippen molar-refractivity contribution in [3.05, 3.63) is 28.5 Å². The Morgan fingerprint density at radius 1 is 1.33 bits per heavy atom. The maximum Gasteiger partial charge on any atom is 0.140 e. The van der Waals surface area contributed by atoms with E-state index in [0.717, 1.165) is 35.9 Å². The number of halogens is 1. The lowest BCUT2D eigenvalue weighted by molar-refractivity contribution is 0.178. The predicted octanol–water partition coefficient (Wildman–Crippen LogP) is 3.22. The standard InChI is InChI=1S/C14H18ClN3/c1-9(2)17-4-5-18-11(8-17)6-12-10(3)13(15)7-16-14(12)18/h6-7,9H,4-5,8H2,1-3H3. The summed E-state index contributed by atoms with van der Waals surface area (Å²) >= 11 is 6.15. The van der Waals surface area contributed by atoms with Gasteiger partial charge in [-0.15, -0.1) is 0 Å². The number of pyridine rings is 1. The van der Waals surface area contributed by atoms with E-state index in [1.807, 2.05) is 0 Å². The first kappa shape index (κ1) is 12.0. The van der Waals surface area contributed by atoms with Gasteiger partial charge in [0, 0.05) is 43.0 Å². The fourth-order valence-corrected chi connectivity index (χ4v) is 2.84. The maximum absolute atomic E-state index is 6.15. The highest BCUT2D eigenvalue weighted by molar-refractivity contribution is 6.32. The smallest absolute Gasteiger partial charge is 0.140 e. The van der Waals surface area contributed by atoms with Crippen LogP contribution < -0.4 is 0 Å². The molecule has 0 fully saturated rings. The highest BCUT2D eigenvalue weighted by Crippen LogP contribution is 2.29. The molecule has 2 aromatic rings. The van der Waals surface area contributed by atoms with Crippen molar-refractivity contribution in [2.75, 3.05) is 6.54 Å². The van der Waals surface area contributed by atoms with Gasteiger partial charge in [-0.1, -0.05) is 11.6 Å². The second kappa shape index (κ2) is 4.25. The summed E-state index contributed by atoms with van der Waals surface area (Å²) in [6, 6.07) is 2.84. The van der Waals surface area contributed by atoms with Crippen molar-refractivity contribution in [2.24, 2.45) is 0 Å². The minimum Gasteiger partial charge on any atom is -0.327 e. The third-order valence-electron chi connectivity index (χ3n) is 3.92. The van der Waals surface area contributed by atoms with Crippen LogP contribution >= 0.6 is 11.6 Å². The number of hydrogen-bond acceptors (Lipinski definition) is 2. The fraction of sp³-hybridized carbons (Fsp3) is 0.500. The van der Waals surface area contributed by atoms with Gasteiger partial charge in [-0.05, 0) is 32.4 Å². The molecule has 3 heterocycles. The number of aromatic nitrogens is 2. The molecule has 0 saturated carbocycles. The molecule has 0 saturated heterocycles. The van der Waals surface area contributed by atoms with Crippen molar-refractivity contribution in [2.45, 2.75) is 39.9 Å². The van der Waals surface area contributed by atoms with Crippen LogP contribution in [0.1, 0.15) is 25.1 Å². The maximum atomic E-state index is 6.15. The lowest BCUT2D eigenvalue weighted by Gasteiger charge is -2.31. The SMILES string of the molecule is Cc1c(Cl)cnc2c1cc1n2CCN(C(C)C)C1. The average Bonchev–Trinajstić information content (AvgIpc) is 2.72. The van der Waals surface area contributed by atoms with Crippen molar-refractivity contribution in [1.29, 1.82) is 0 Å². The summed E-state index contributed by atoms with van der Waals surface area (Å²) in [6.07, 6.45) is 1.77. The molecular weight excluding hydrogens is 246 g/mol. The Bertz CT molecular complexity index is 601. The van der Waals surface area contributed by atoms with Gasteiger partial charge < -0.3 is 4.57 Å². The molecular formula is C14H18ClN3. The molecule has 0 radical (unpaired) electrons. The van der Waals surface area contributed by atoms with Crippen molar-refractivity contribution in [3.63, 3.8) is 0 Å². The zero-order chi connectivity index (χ0) is 12.9. The molecule has 0 amide bonds. The molecule has 0 bridgehead atoms. The molecule has 1 aliphatic heterocycles. The lowest BCUT2D eigenvalue weighted by atomic mass is 10.2. The van der Waals surface area contributed by atoms with Crippen LogP contribution in [-0.2, 0) is 13.1 Å². The van der Waals surface area contributed by atoms with Gasteiger partial charge in [-0.3, -0.25) is 4.90 Å². The van der Waals surface area contributed by atoms with Crippen LogP contribution in [0.4, 0.5) is 0 Å². The van der Waals surface area contributed by atoms with Crippen molar-refractivity contribution >= 4 is 22.6 Å². The molecule has 0 aromatic carbocycles. The number of rotatable bonds is 1. The van der Waals surface area contributed by atoms with Crippen LogP contribution in [0.25, 0.3) is 11.0 Å². The predicted molar refractivity (Wildman–Crippen MR) is 75.0 cm³/mol. The van der Waals surface area contributed by atoms with E-state index >= 15 is 0 Å². The summed E-state index contributed by atoms with van der Waals surface area (Å²) in [7, 11) is 0. The fourth-order valence-electron chi connectivity index (χ4n) is 2.69. The number of fused-ring (bicyclic) bond motifs is 3. The zero-order valence-corrected chi connectivity index (χ0v) is 11.8. The Morgan fingerprint density at radius 2 is 2.11 bits per heavy atom. The van der Waals surface area contributed by atoms with E-state index in [2.05, 4.69) is 41.3 Å². The molecule has 3 nitrogen and oxygen atoms in total. The number of hydrogen-bond donors (Lipinski definition) is 0. The van der Waals surface area contributed by atoms with E-state index in [-0.39, 0.29) is 0 Å². The van der Waals surface area contributed by atoms with E-state index in [4.69, 9.17) is 11.6 Å². The largest absolute Gasteiger partial charge is 0.327 e. The summed E-state index contributed by atoms with van der Waals surface area (Å²) in [6.45, 7) is 9.68. The quantitative estimate of drug-likeness (QED) is 0.788. The van der Waals surface area contributed by atoms with E-state index in [1.165, 1.54) is 11.1 Å². The number of nitrogens with zero attached hydrogens (tertiary/aromatic N) is 3. The second-order valence-corrected chi connectivity index (χ2v) is 5.73. The third-order valence-corrected chi connectivity index (χ3v) is 4.30. The van der Waals surface area contributed by atoms with Crippen LogP contribution in [0, 0.1) is 6.92 Å². The Kier molecular flexibility index (Phi) is 2.83. The normalized spacial score (nSPS) is 16.5. The molecule has 0 unspecified atom stereocenters. The molecule has 0 atom stereocenters. The monoisotopic (exact) mass is 263 g/mol. The van der Waals surface area contributed by atoms with Gasteiger partial charge in [0.2, 0.25) is 0 Å². The van der Waals surface area contributed by atoms with Crippen LogP contribution in [0.2, 0.25) is 5.02 Å². The highest BCUT2D eigenvalue weighted by Gasteiger charge is 2.21. The van der Waals surface area contributed by atoms with Gasteiger partial charge in [0.1, 0.15) is 5.65 Å². The Labute approximate surface area is 112 Å². The van der Waals surface area contributed by atoms with E-state index in [1.54, 1.807) is 6.20 Å². The first-order valence-corrected chi connectivity index (χ1v) is 6.83. The Hall–Kier alpha value is -1.06. The van der Waals surface area contributed by atoms with Crippen molar-refractivity contribution in [1.82, 2.24) is 14.5 Å². The molecule has 1 aliphatic rings. The van der Waals surface area contributed by atoms with Crippen molar-refractivity contribution in [3.8, 4) is 0 Å². The zero-order valence-electron chi connectivity index (χ0n) is 11.1. The van der Waals surface area contributed by atoms with E-state index in [9.17, 15) is 0 Å². The van der Waals surface area contributed by atoms with Crippen LogP contribution in [0.3, 0.4) is 0 Å². The lowest BCUT2D eigenvalue weighted by Crippen LogP contribution is -2.38. The molecule has 0 N–H and O–H groups in total. The summed E-state index contributed by atoms with van der Waals surface area (Å²) in [5.74, 6) is 0. The molecule has 4 heteroatoms. The average molecular weight is 264 g/mol. The van der Waals surface area contributed by atoms with Gasteiger partial charge in [0.25, 0.3) is 0 Å². The van der Waals surface area contributed by atoms with E-state index < -0.39 is 0 Å². The van der Waals surface area contributed by atoms with Gasteiger partial charge in [-0.25, -0.2) is 4.98 Å². The minimum absolute atomic E-state index is 0.592. The third kappa shape index (κ3) is 1.73. The first-order chi connectivity index (χ1) is 8.58. The molecule has 96 valence electrons. The molecule has 2 aromatic heterocycles. The van der Waals surface area contributed by atoms with Gasteiger partial charge in [0.05, 0.1) is 5.02 Å². The Balaban J connectivity index is 2.12. The molecule has 0 spiro atoms. The molecule has 18 heavy (non-hydrogen) atoms. The second-order valence-electron chi connectivity index (χ2n) is 5.32.